The average Bonchev–Trinajstić information content (AvgIpc) is 2.26. The zero-order chi connectivity index (χ0) is 10.4. The highest BCUT2D eigenvalue weighted by Crippen LogP contribution is 2.38. The van der Waals surface area contributed by atoms with Crippen LogP contribution in [0, 0.1) is 0 Å². The van der Waals surface area contributed by atoms with Gasteiger partial charge in [0.25, 0.3) is 0 Å². The van der Waals surface area contributed by atoms with Gasteiger partial charge in [-0.15, -0.1) is 0 Å². The van der Waals surface area contributed by atoms with Crippen LogP contribution < -0.4 is 5.73 Å². The fourth-order valence-corrected chi connectivity index (χ4v) is 2.47. The largest absolute Gasteiger partial charge is 0.398 e. The molecule has 1 atom stereocenters. The molecular formula is C13H11NS. The Morgan fingerprint density at radius 3 is 2.87 bits per heavy atom. The third-order valence-electron chi connectivity index (χ3n) is 2.92. The molecule has 1 nitrogen and oxygen atoms in total. The lowest BCUT2D eigenvalue weighted by Crippen LogP contribution is -1.99. The summed E-state index contributed by atoms with van der Waals surface area (Å²) >= 11 is 4.55. The van der Waals surface area contributed by atoms with Gasteiger partial charge in [-0.3, -0.25) is 0 Å². The van der Waals surface area contributed by atoms with Crippen molar-refractivity contribution in [3.8, 4) is 0 Å². The highest BCUT2D eigenvalue weighted by molar-refractivity contribution is 7.80. The molecule has 0 radical (unpaired) electrons. The van der Waals surface area contributed by atoms with E-state index in [1.54, 1.807) is 0 Å². The van der Waals surface area contributed by atoms with Gasteiger partial charge in [-0.2, -0.15) is 12.6 Å². The molecule has 74 valence electrons. The summed E-state index contributed by atoms with van der Waals surface area (Å²) in [6, 6.07) is 10.3. The Hall–Kier alpha value is -1.41. The Balaban J connectivity index is 2.53. The minimum absolute atomic E-state index is 0.183. The zero-order valence-electron chi connectivity index (χ0n) is 8.14. The fraction of sp³-hybridized carbons (Fsp3) is 0.0769. The van der Waals surface area contributed by atoms with Crippen molar-refractivity contribution in [3.05, 3.63) is 47.5 Å². The first-order chi connectivity index (χ1) is 7.27. The van der Waals surface area contributed by atoms with Crippen LogP contribution in [0.1, 0.15) is 16.4 Å². The van der Waals surface area contributed by atoms with E-state index >= 15 is 0 Å². The standard InChI is InChI=1S/C13H11NS/c14-11-6-4-8-2-1-3-10-12(15)7-5-9(11)13(8)10/h1-7,12,15H,14H2. The highest BCUT2D eigenvalue weighted by atomic mass is 32.1. The second-order valence-corrected chi connectivity index (χ2v) is 4.37. The molecule has 1 aliphatic rings. The van der Waals surface area contributed by atoms with Crippen molar-refractivity contribution < 1.29 is 0 Å². The molecule has 0 fully saturated rings. The lowest BCUT2D eigenvalue weighted by molar-refractivity contribution is 1.26. The van der Waals surface area contributed by atoms with Gasteiger partial charge in [0.05, 0.1) is 0 Å². The van der Waals surface area contributed by atoms with Crippen LogP contribution >= 0.6 is 12.6 Å². The summed E-state index contributed by atoms with van der Waals surface area (Å²) in [6.07, 6.45) is 4.15. The number of anilines is 1. The lowest BCUT2D eigenvalue weighted by atomic mass is 9.92. The van der Waals surface area contributed by atoms with E-state index in [9.17, 15) is 0 Å². The first-order valence-electron chi connectivity index (χ1n) is 4.95. The molecule has 2 N–H and O–H groups in total. The van der Waals surface area contributed by atoms with Gasteiger partial charge >= 0.3 is 0 Å². The highest BCUT2D eigenvalue weighted by Gasteiger charge is 2.15. The third-order valence-corrected chi connectivity index (χ3v) is 3.37. The molecule has 0 aliphatic heterocycles. The van der Waals surface area contributed by atoms with Crippen molar-refractivity contribution in [1.82, 2.24) is 0 Å². The van der Waals surface area contributed by atoms with Crippen molar-refractivity contribution in [1.29, 1.82) is 0 Å². The molecular weight excluding hydrogens is 202 g/mol. The van der Waals surface area contributed by atoms with Gasteiger partial charge in [0.15, 0.2) is 0 Å². The van der Waals surface area contributed by atoms with Crippen LogP contribution in [-0.2, 0) is 0 Å². The third kappa shape index (κ3) is 1.18. The molecule has 0 saturated carbocycles. The van der Waals surface area contributed by atoms with Crippen LogP contribution in [0.5, 0.6) is 0 Å². The Morgan fingerprint density at radius 2 is 2.00 bits per heavy atom. The first-order valence-corrected chi connectivity index (χ1v) is 5.46. The van der Waals surface area contributed by atoms with Crippen molar-refractivity contribution in [2.24, 2.45) is 0 Å². The molecule has 0 spiro atoms. The predicted molar refractivity (Wildman–Crippen MR) is 69.1 cm³/mol. The zero-order valence-corrected chi connectivity index (χ0v) is 9.04. The lowest BCUT2D eigenvalue weighted by Gasteiger charge is -2.18. The number of nitrogen functional groups attached to an aromatic ring is 1. The minimum atomic E-state index is 0.183. The number of hydrogen-bond donors (Lipinski definition) is 2. The smallest absolute Gasteiger partial charge is 0.0456 e. The summed E-state index contributed by atoms with van der Waals surface area (Å²) in [6.45, 7) is 0. The Bertz CT molecular complexity index is 572. The first kappa shape index (κ1) is 8.86. The number of nitrogens with two attached hydrogens (primary N) is 1. The molecule has 0 amide bonds. The second-order valence-electron chi connectivity index (χ2n) is 3.82. The van der Waals surface area contributed by atoms with E-state index in [0.717, 1.165) is 11.3 Å². The van der Waals surface area contributed by atoms with E-state index in [-0.39, 0.29) is 5.25 Å². The van der Waals surface area contributed by atoms with Gasteiger partial charge in [-0.25, -0.2) is 0 Å². The summed E-state index contributed by atoms with van der Waals surface area (Å²) in [5, 5.41) is 2.67. The van der Waals surface area contributed by atoms with Crippen LogP contribution in [0.2, 0.25) is 0 Å². The van der Waals surface area contributed by atoms with Crippen molar-refractivity contribution >= 4 is 35.2 Å². The van der Waals surface area contributed by atoms with Crippen LogP contribution in [-0.4, -0.2) is 0 Å². The van der Waals surface area contributed by atoms with Gasteiger partial charge in [-0.1, -0.05) is 36.4 Å². The summed E-state index contributed by atoms with van der Waals surface area (Å²) in [7, 11) is 0. The maximum atomic E-state index is 5.97. The van der Waals surface area contributed by atoms with E-state index in [0.29, 0.717) is 0 Å². The average molecular weight is 213 g/mol. The molecule has 2 aromatic carbocycles. The summed E-state index contributed by atoms with van der Waals surface area (Å²) in [5.74, 6) is 0. The van der Waals surface area contributed by atoms with Crippen molar-refractivity contribution in [3.63, 3.8) is 0 Å². The van der Waals surface area contributed by atoms with Crippen LogP contribution in [0.15, 0.2) is 36.4 Å². The maximum Gasteiger partial charge on any atom is 0.0456 e. The number of benzene rings is 2. The van der Waals surface area contributed by atoms with Gasteiger partial charge in [0.1, 0.15) is 0 Å². The molecule has 0 aromatic heterocycles. The summed E-state index contributed by atoms with van der Waals surface area (Å²) < 4.78 is 0. The van der Waals surface area contributed by atoms with E-state index in [2.05, 4.69) is 49.0 Å². The molecule has 1 aliphatic carbocycles. The Kier molecular flexibility index (Phi) is 1.80. The topological polar surface area (TPSA) is 26.0 Å². The molecule has 0 bridgehead atoms. The van der Waals surface area contributed by atoms with Gasteiger partial charge in [-0.05, 0) is 22.4 Å². The van der Waals surface area contributed by atoms with Gasteiger partial charge < -0.3 is 5.73 Å². The van der Waals surface area contributed by atoms with Gasteiger partial charge in [0, 0.05) is 16.5 Å². The number of thiol groups is 1. The normalized spacial score (nSPS) is 18.3. The Morgan fingerprint density at radius 1 is 1.13 bits per heavy atom. The van der Waals surface area contributed by atoms with Gasteiger partial charge in [0.2, 0.25) is 0 Å². The fourth-order valence-electron chi connectivity index (χ4n) is 2.17. The van der Waals surface area contributed by atoms with Crippen molar-refractivity contribution in [2.45, 2.75) is 5.25 Å². The molecule has 3 rings (SSSR count). The second kappa shape index (κ2) is 3.04. The molecule has 1 unspecified atom stereocenters. The Labute approximate surface area is 94.0 Å². The van der Waals surface area contributed by atoms with E-state index in [1.165, 1.54) is 16.3 Å². The van der Waals surface area contributed by atoms with Crippen LogP contribution in [0.25, 0.3) is 16.8 Å². The summed E-state index contributed by atoms with van der Waals surface area (Å²) in [4.78, 5) is 0. The molecule has 2 aromatic rings. The van der Waals surface area contributed by atoms with Crippen LogP contribution in [0.4, 0.5) is 5.69 Å². The molecule has 15 heavy (non-hydrogen) atoms. The van der Waals surface area contributed by atoms with E-state index < -0.39 is 0 Å². The SMILES string of the molecule is Nc1ccc2cccc3c2c1C=CC3S. The molecule has 0 saturated heterocycles. The molecule has 2 heteroatoms. The number of rotatable bonds is 0. The number of hydrogen-bond acceptors (Lipinski definition) is 2. The van der Waals surface area contributed by atoms with E-state index in [1.807, 2.05) is 6.07 Å². The maximum absolute atomic E-state index is 5.97. The quantitative estimate of drug-likeness (QED) is 0.509. The van der Waals surface area contributed by atoms with Crippen LogP contribution in [0.3, 0.4) is 0 Å². The predicted octanol–water partition coefficient (Wildman–Crippen LogP) is 3.42. The molecule has 0 heterocycles. The van der Waals surface area contributed by atoms with Crippen molar-refractivity contribution in [2.75, 3.05) is 5.73 Å². The summed E-state index contributed by atoms with van der Waals surface area (Å²) in [5.41, 5.74) is 9.19. The monoisotopic (exact) mass is 213 g/mol. The minimum Gasteiger partial charge on any atom is -0.398 e. The van der Waals surface area contributed by atoms with E-state index in [4.69, 9.17) is 5.73 Å².